The van der Waals surface area contributed by atoms with Crippen LogP contribution in [0.5, 0.6) is 0 Å². The highest BCUT2D eigenvalue weighted by atomic mass is 35.5. The molecule has 5 heteroatoms. The molecule has 0 bridgehead atoms. The summed E-state index contributed by atoms with van der Waals surface area (Å²) >= 11 is 0. The molecule has 0 aliphatic heterocycles. The topological polar surface area (TPSA) is 50.4 Å². The molecule has 0 aliphatic rings. The highest BCUT2D eigenvalue weighted by Gasteiger charge is 2.12. The van der Waals surface area contributed by atoms with E-state index < -0.39 is 5.97 Å². The van der Waals surface area contributed by atoms with Gasteiger partial charge >= 0.3 is 5.97 Å². The highest BCUT2D eigenvalue weighted by molar-refractivity contribution is 5.86. The number of hydrogen-bond donors (Lipinski definition) is 1. The van der Waals surface area contributed by atoms with E-state index in [1.54, 1.807) is 6.07 Å². The van der Waals surface area contributed by atoms with Crippen molar-refractivity contribution < 1.29 is 31.9 Å². The van der Waals surface area contributed by atoms with Crippen molar-refractivity contribution in [2.75, 3.05) is 7.11 Å². The van der Waals surface area contributed by atoms with Gasteiger partial charge in [0.2, 0.25) is 11.9 Å². The van der Waals surface area contributed by atoms with Gasteiger partial charge < -0.3 is 17.5 Å². The first kappa shape index (κ1) is 11.7. The number of halogens is 1. The molecule has 72 valence electrons. The fourth-order valence-electron chi connectivity index (χ4n) is 0.878. The summed E-state index contributed by atoms with van der Waals surface area (Å²) in [4.78, 5) is 15.4. The first-order chi connectivity index (χ1) is 5.65. The van der Waals surface area contributed by atoms with Crippen molar-refractivity contribution in [1.82, 2.24) is 0 Å². The van der Waals surface area contributed by atoms with Crippen molar-refractivity contribution >= 4 is 5.97 Å². The second-order valence-corrected chi connectivity index (χ2v) is 2.37. The molecule has 1 aromatic rings. The van der Waals surface area contributed by atoms with Gasteiger partial charge in [-0.3, -0.25) is 4.84 Å². The maximum absolute atomic E-state index is 10.5. The van der Waals surface area contributed by atoms with Gasteiger partial charge in [-0.15, -0.1) is 0 Å². The molecule has 0 spiro atoms. The first-order valence-corrected chi connectivity index (χ1v) is 3.45. The first-order valence-electron chi connectivity index (χ1n) is 3.45. The summed E-state index contributed by atoms with van der Waals surface area (Å²) in [5.74, 6) is -0.958. The Hall–Kier alpha value is -1.29. The van der Waals surface area contributed by atoms with Gasteiger partial charge in [0.25, 0.3) is 0 Å². The summed E-state index contributed by atoms with van der Waals surface area (Å²) < 4.78 is 1.41. The van der Waals surface area contributed by atoms with Crippen LogP contribution in [0.1, 0.15) is 16.1 Å². The second kappa shape index (κ2) is 4.67. The van der Waals surface area contributed by atoms with Gasteiger partial charge in [0, 0.05) is 17.7 Å². The van der Waals surface area contributed by atoms with E-state index in [2.05, 4.69) is 0 Å². The van der Waals surface area contributed by atoms with Crippen molar-refractivity contribution in [2.45, 2.75) is 6.92 Å². The molecule has 0 aliphatic carbocycles. The van der Waals surface area contributed by atoms with Crippen molar-refractivity contribution in [3.63, 3.8) is 0 Å². The van der Waals surface area contributed by atoms with Gasteiger partial charge in [-0.1, -0.05) is 0 Å². The van der Waals surface area contributed by atoms with Crippen LogP contribution in [0, 0.1) is 6.92 Å². The summed E-state index contributed by atoms with van der Waals surface area (Å²) in [6, 6.07) is 3.22. The number of nitrogens with zero attached hydrogens (tertiary/aromatic N) is 1. The Labute approximate surface area is 82.1 Å². The molecule has 0 unspecified atom stereocenters. The van der Waals surface area contributed by atoms with Gasteiger partial charge in [-0.25, -0.2) is 4.79 Å². The Morgan fingerprint density at radius 1 is 1.54 bits per heavy atom. The minimum Gasteiger partial charge on any atom is -1.00 e. The third-order valence-corrected chi connectivity index (χ3v) is 1.55. The van der Waals surface area contributed by atoms with Crippen LogP contribution >= 0.6 is 0 Å². The Balaban J connectivity index is 0.00000144. The Kier molecular flexibility index (Phi) is 4.20. The number of carboxylic acids is 1. The van der Waals surface area contributed by atoms with Crippen LogP contribution < -0.4 is 22.0 Å². The lowest BCUT2D eigenvalue weighted by Gasteiger charge is -1.95. The third kappa shape index (κ3) is 2.59. The van der Waals surface area contributed by atoms with Crippen molar-refractivity contribution in [3.8, 4) is 0 Å². The van der Waals surface area contributed by atoms with E-state index in [4.69, 9.17) is 9.94 Å². The summed E-state index contributed by atoms with van der Waals surface area (Å²) in [5, 5.41) is 8.63. The number of rotatable bonds is 2. The molecule has 1 aromatic heterocycles. The van der Waals surface area contributed by atoms with Crippen LogP contribution in [0.15, 0.2) is 18.3 Å². The smallest absolute Gasteiger partial charge is 0.341 e. The van der Waals surface area contributed by atoms with Crippen LogP contribution in [0.4, 0.5) is 0 Å². The Morgan fingerprint density at radius 3 is 2.62 bits per heavy atom. The molecule has 1 heterocycles. The Morgan fingerprint density at radius 2 is 2.15 bits per heavy atom. The standard InChI is InChI=1S/C8H9NO3.ClH/c1-6-3-4-7(8(10)11)5-9(6)12-2;/h3-5H,1-2H3;1H. The lowest BCUT2D eigenvalue weighted by atomic mass is 10.2. The number of carboxylic acid groups (broad SMARTS) is 1. The normalized spacial score (nSPS) is 8.77. The zero-order chi connectivity index (χ0) is 9.14. The van der Waals surface area contributed by atoms with Gasteiger partial charge in [0.1, 0.15) is 12.7 Å². The molecule has 0 atom stereocenters. The van der Waals surface area contributed by atoms with E-state index in [-0.39, 0.29) is 18.0 Å². The lowest BCUT2D eigenvalue weighted by molar-refractivity contribution is -0.889. The molecule has 0 radical (unpaired) electrons. The van der Waals surface area contributed by atoms with E-state index in [1.807, 2.05) is 6.92 Å². The predicted octanol–water partition coefficient (Wildman–Crippen LogP) is -2.96. The quantitative estimate of drug-likeness (QED) is 0.523. The lowest BCUT2D eigenvalue weighted by Crippen LogP contribution is -3.00. The van der Waals surface area contributed by atoms with E-state index in [0.29, 0.717) is 0 Å². The monoisotopic (exact) mass is 203 g/mol. The fraction of sp³-hybridized carbons (Fsp3) is 0.250. The molecule has 0 saturated carbocycles. The fourth-order valence-corrected chi connectivity index (χ4v) is 0.878. The molecule has 0 saturated heterocycles. The Bertz CT molecular complexity index is 314. The maximum Gasteiger partial charge on any atom is 0.341 e. The molecular weight excluding hydrogens is 194 g/mol. The van der Waals surface area contributed by atoms with Crippen LogP contribution in [0.2, 0.25) is 0 Å². The van der Waals surface area contributed by atoms with E-state index in [1.165, 1.54) is 24.1 Å². The number of aromatic carboxylic acids is 1. The third-order valence-electron chi connectivity index (χ3n) is 1.55. The second-order valence-electron chi connectivity index (χ2n) is 2.37. The molecule has 13 heavy (non-hydrogen) atoms. The number of aromatic nitrogens is 1. The summed E-state index contributed by atoms with van der Waals surface area (Å²) in [6.07, 6.45) is 1.43. The number of aryl methyl sites for hydroxylation is 1. The van der Waals surface area contributed by atoms with Crippen molar-refractivity contribution in [3.05, 3.63) is 29.6 Å². The van der Waals surface area contributed by atoms with Crippen LogP contribution in [-0.4, -0.2) is 18.2 Å². The van der Waals surface area contributed by atoms with E-state index in [9.17, 15) is 4.79 Å². The largest absolute Gasteiger partial charge is 1.00 e. The van der Waals surface area contributed by atoms with E-state index >= 15 is 0 Å². The SMILES string of the molecule is CO[n+]1cc(C(=O)O)ccc1C.[Cl-]. The predicted molar refractivity (Wildman–Crippen MR) is 40.8 cm³/mol. The molecular formula is C8H10ClNO3. The van der Waals surface area contributed by atoms with Gasteiger partial charge in [0.15, 0.2) is 0 Å². The van der Waals surface area contributed by atoms with E-state index in [0.717, 1.165) is 5.69 Å². The molecule has 4 nitrogen and oxygen atoms in total. The van der Waals surface area contributed by atoms with Gasteiger partial charge in [-0.2, -0.15) is 0 Å². The number of pyridine rings is 1. The van der Waals surface area contributed by atoms with Crippen molar-refractivity contribution in [1.29, 1.82) is 0 Å². The average molecular weight is 204 g/mol. The van der Waals surface area contributed by atoms with Crippen LogP contribution in [0.3, 0.4) is 0 Å². The van der Waals surface area contributed by atoms with Gasteiger partial charge in [0.05, 0.1) is 0 Å². The van der Waals surface area contributed by atoms with Crippen LogP contribution in [-0.2, 0) is 0 Å². The zero-order valence-electron chi connectivity index (χ0n) is 7.32. The molecule has 1 rings (SSSR count). The molecule has 1 N–H and O–H groups in total. The molecule has 0 amide bonds. The highest BCUT2D eigenvalue weighted by Crippen LogP contribution is 1.96. The summed E-state index contributed by atoms with van der Waals surface area (Å²) in [6.45, 7) is 1.83. The zero-order valence-corrected chi connectivity index (χ0v) is 8.08. The molecule has 0 fully saturated rings. The average Bonchev–Trinajstić information content (AvgIpc) is 2.05. The van der Waals surface area contributed by atoms with Crippen molar-refractivity contribution in [2.24, 2.45) is 0 Å². The molecule has 0 aromatic carbocycles. The maximum atomic E-state index is 10.5. The van der Waals surface area contributed by atoms with Gasteiger partial charge in [-0.05, 0) is 6.07 Å². The minimum absolute atomic E-state index is 0. The minimum atomic E-state index is -0.958. The van der Waals surface area contributed by atoms with Crippen LogP contribution in [0.25, 0.3) is 0 Å². The summed E-state index contributed by atoms with van der Waals surface area (Å²) in [5.41, 5.74) is 1.06. The summed E-state index contributed by atoms with van der Waals surface area (Å²) in [7, 11) is 1.48. The number of carbonyl (C=O) groups is 1. The number of hydrogen-bond acceptors (Lipinski definition) is 2.